The van der Waals surface area contributed by atoms with E-state index in [0.29, 0.717) is 0 Å². The van der Waals surface area contributed by atoms with Crippen molar-refractivity contribution in [3.63, 3.8) is 0 Å². The molecule has 1 aromatic heterocycles. The second-order valence-corrected chi connectivity index (χ2v) is 6.97. The van der Waals surface area contributed by atoms with Gasteiger partial charge in [0, 0.05) is 5.02 Å². The zero-order valence-corrected chi connectivity index (χ0v) is 13.4. The van der Waals surface area contributed by atoms with Crippen LogP contribution in [0, 0.1) is 0 Å². The molecule has 0 bridgehead atoms. The summed E-state index contributed by atoms with van der Waals surface area (Å²) in [6, 6.07) is 8.18. The molecule has 0 aliphatic heterocycles. The van der Waals surface area contributed by atoms with Crippen LogP contribution in [0.2, 0.25) is 5.02 Å². The fraction of sp³-hybridized carbons (Fsp3) is 0.500. The Labute approximate surface area is 136 Å². The summed E-state index contributed by atoms with van der Waals surface area (Å²) in [5.41, 5.74) is 3.53. The van der Waals surface area contributed by atoms with E-state index in [1.807, 2.05) is 12.1 Å². The quantitative estimate of drug-likeness (QED) is 0.777. The molecule has 2 aromatic rings. The van der Waals surface area contributed by atoms with Gasteiger partial charge < -0.3 is 0 Å². The van der Waals surface area contributed by atoms with Crippen molar-refractivity contribution in [2.45, 2.75) is 56.8 Å². The Morgan fingerprint density at radius 2 is 1.55 bits per heavy atom. The van der Waals surface area contributed by atoms with Gasteiger partial charge in [-0.05, 0) is 56.2 Å². The van der Waals surface area contributed by atoms with Gasteiger partial charge in [0.25, 0.3) is 0 Å². The second-order valence-electron chi connectivity index (χ2n) is 6.53. The third kappa shape index (κ3) is 2.32. The first-order valence-electron chi connectivity index (χ1n) is 8.27. The largest absolute Gasteiger partial charge is 0.233 e. The van der Waals surface area contributed by atoms with Crippen LogP contribution in [-0.2, 0) is 18.3 Å². The van der Waals surface area contributed by atoms with Crippen LogP contribution in [-0.4, -0.2) is 15.2 Å². The SMILES string of the molecule is Clc1ccc(C2(c3nnc4c(n3)CCCCC4)CCC2)cc1. The van der Waals surface area contributed by atoms with Gasteiger partial charge in [-0.1, -0.05) is 36.6 Å². The number of aryl methyl sites for hydroxylation is 2. The average Bonchev–Trinajstić information content (AvgIpc) is 2.73. The van der Waals surface area contributed by atoms with Crippen molar-refractivity contribution in [3.05, 3.63) is 52.1 Å². The van der Waals surface area contributed by atoms with Gasteiger partial charge in [-0.3, -0.25) is 0 Å². The molecule has 3 nitrogen and oxygen atoms in total. The first-order valence-corrected chi connectivity index (χ1v) is 8.65. The molecule has 0 saturated heterocycles. The highest BCUT2D eigenvalue weighted by molar-refractivity contribution is 6.30. The molecule has 0 radical (unpaired) electrons. The third-order valence-corrected chi connectivity index (χ3v) is 5.45. The van der Waals surface area contributed by atoms with Crippen LogP contribution >= 0.6 is 11.6 Å². The maximum atomic E-state index is 6.04. The normalized spacial score (nSPS) is 19.9. The van der Waals surface area contributed by atoms with E-state index < -0.39 is 0 Å². The highest BCUT2D eigenvalue weighted by Gasteiger charge is 2.43. The van der Waals surface area contributed by atoms with Crippen LogP contribution in [0.15, 0.2) is 24.3 Å². The molecule has 4 heteroatoms. The van der Waals surface area contributed by atoms with Crippen LogP contribution in [0.3, 0.4) is 0 Å². The smallest absolute Gasteiger partial charge is 0.161 e. The van der Waals surface area contributed by atoms with Gasteiger partial charge in [-0.15, -0.1) is 5.10 Å². The first-order chi connectivity index (χ1) is 10.8. The van der Waals surface area contributed by atoms with E-state index in [2.05, 4.69) is 22.3 Å². The third-order valence-electron chi connectivity index (χ3n) is 5.20. The van der Waals surface area contributed by atoms with Crippen LogP contribution in [0.4, 0.5) is 0 Å². The summed E-state index contributed by atoms with van der Waals surface area (Å²) in [6.45, 7) is 0. The van der Waals surface area contributed by atoms with Crippen molar-refractivity contribution in [1.82, 2.24) is 15.2 Å². The minimum absolute atomic E-state index is 0.0427. The van der Waals surface area contributed by atoms with Crippen molar-refractivity contribution >= 4 is 11.6 Å². The van der Waals surface area contributed by atoms with Gasteiger partial charge in [0.2, 0.25) is 0 Å². The molecule has 1 aromatic carbocycles. The van der Waals surface area contributed by atoms with Gasteiger partial charge in [0.15, 0.2) is 5.82 Å². The fourth-order valence-electron chi connectivity index (χ4n) is 3.68. The zero-order chi connectivity index (χ0) is 15.0. The van der Waals surface area contributed by atoms with Crippen LogP contribution < -0.4 is 0 Å². The van der Waals surface area contributed by atoms with Gasteiger partial charge in [0.05, 0.1) is 16.8 Å². The Morgan fingerprint density at radius 3 is 2.23 bits per heavy atom. The molecule has 1 fully saturated rings. The summed E-state index contributed by atoms with van der Waals surface area (Å²) >= 11 is 6.04. The molecule has 1 saturated carbocycles. The molecule has 0 unspecified atom stereocenters. The van der Waals surface area contributed by atoms with E-state index in [1.165, 1.54) is 36.9 Å². The molecule has 0 atom stereocenters. The number of hydrogen-bond donors (Lipinski definition) is 0. The maximum Gasteiger partial charge on any atom is 0.161 e. The van der Waals surface area contributed by atoms with E-state index in [1.54, 1.807) is 0 Å². The summed E-state index contributed by atoms with van der Waals surface area (Å²) < 4.78 is 0. The predicted octanol–water partition coefficient (Wildman–Crippen LogP) is 4.26. The van der Waals surface area contributed by atoms with Crippen molar-refractivity contribution < 1.29 is 0 Å². The summed E-state index contributed by atoms with van der Waals surface area (Å²) in [7, 11) is 0. The second kappa shape index (κ2) is 5.62. The van der Waals surface area contributed by atoms with Crippen LogP contribution in [0.1, 0.15) is 61.3 Å². The van der Waals surface area contributed by atoms with E-state index in [4.69, 9.17) is 16.6 Å². The molecule has 1 heterocycles. The Morgan fingerprint density at radius 1 is 0.818 bits per heavy atom. The number of nitrogens with zero attached hydrogens (tertiary/aromatic N) is 3. The molecule has 2 aliphatic carbocycles. The van der Waals surface area contributed by atoms with Gasteiger partial charge in [0.1, 0.15) is 0 Å². The Hall–Kier alpha value is -1.48. The summed E-state index contributed by atoms with van der Waals surface area (Å²) in [5.74, 6) is 0.918. The van der Waals surface area contributed by atoms with E-state index >= 15 is 0 Å². The number of halogens is 1. The number of fused-ring (bicyclic) bond motifs is 1. The minimum atomic E-state index is -0.0427. The molecule has 22 heavy (non-hydrogen) atoms. The number of benzene rings is 1. The van der Waals surface area contributed by atoms with E-state index in [0.717, 1.165) is 42.2 Å². The van der Waals surface area contributed by atoms with Crippen molar-refractivity contribution in [1.29, 1.82) is 0 Å². The Bertz CT molecular complexity index is 677. The van der Waals surface area contributed by atoms with E-state index in [-0.39, 0.29) is 5.41 Å². The first kappa shape index (κ1) is 14.1. The van der Waals surface area contributed by atoms with Crippen molar-refractivity contribution in [2.75, 3.05) is 0 Å². The molecule has 2 aliphatic rings. The van der Waals surface area contributed by atoms with E-state index in [9.17, 15) is 0 Å². The standard InChI is InChI=1S/C18H20ClN3/c19-14-9-7-13(8-10-14)18(11-4-12-18)17-20-15-5-2-1-3-6-16(15)21-22-17/h7-10H,1-6,11-12H2. The lowest BCUT2D eigenvalue weighted by Crippen LogP contribution is -2.38. The van der Waals surface area contributed by atoms with Gasteiger partial charge in [-0.25, -0.2) is 4.98 Å². The average molecular weight is 314 g/mol. The minimum Gasteiger partial charge on any atom is -0.233 e. The Balaban J connectivity index is 1.75. The molecular weight excluding hydrogens is 294 g/mol. The number of rotatable bonds is 2. The lowest BCUT2D eigenvalue weighted by atomic mass is 9.64. The van der Waals surface area contributed by atoms with Crippen molar-refractivity contribution in [2.24, 2.45) is 0 Å². The highest BCUT2D eigenvalue weighted by atomic mass is 35.5. The lowest BCUT2D eigenvalue weighted by molar-refractivity contribution is 0.281. The molecule has 0 amide bonds. The topological polar surface area (TPSA) is 38.7 Å². The van der Waals surface area contributed by atoms with Gasteiger partial charge >= 0.3 is 0 Å². The van der Waals surface area contributed by atoms with Crippen LogP contribution in [0.5, 0.6) is 0 Å². The summed E-state index contributed by atoms with van der Waals surface area (Å²) in [4.78, 5) is 4.96. The Kier molecular flexibility index (Phi) is 3.61. The molecule has 114 valence electrons. The number of hydrogen-bond acceptors (Lipinski definition) is 3. The fourth-order valence-corrected chi connectivity index (χ4v) is 3.81. The van der Waals surface area contributed by atoms with Crippen molar-refractivity contribution in [3.8, 4) is 0 Å². The summed E-state index contributed by atoms with van der Waals surface area (Å²) in [6.07, 6.45) is 9.23. The highest BCUT2D eigenvalue weighted by Crippen LogP contribution is 2.47. The maximum absolute atomic E-state index is 6.04. The lowest BCUT2D eigenvalue weighted by Gasteiger charge is -2.40. The van der Waals surface area contributed by atoms with Crippen LogP contribution in [0.25, 0.3) is 0 Å². The monoisotopic (exact) mass is 313 g/mol. The zero-order valence-electron chi connectivity index (χ0n) is 12.7. The van der Waals surface area contributed by atoms with Gasteiger partial charge in [-0.2, -0.15) is 5.10 Å². The number of aromatic nitrogens is 3. The molecular formula is C18H20ClN3. The summed E-state index contributed by atoms with van der Waals surface area (Å²) in [5, 5.41) is 9.84. The predicted molar refractivity (Wildman–Crippen MR) is 87.2 cm³/mol. The molecule has 4 rings (SSSR count). The molecule has 0 spiro atoms. The molecule has 0 N–H and O–H groups in total.